The first-order valence-electron chi connectivity index (χ1n) is 6.66. The minimum absolute atomic E-state index is 0.0893. The Balaban J connectivity index is 2.23. The van der Waals surface area contributed by atoms with Gasteiger partial charge < -0.3 is 5.73 Å². The molecule has 1 aliphatic rings. The van der Waals surface area contributed by atoms with Gasteiger partial charge in [0, 0.05) is 13.1 Å². The van der Waals surface area contributed by atoms with Gasteiger partial charge in [0.1, 0.15) is 0 Å². The molecule has 3 atom stereocenters. The summed E-state index contributed by atoms with van der Waals surface area (Å²) in [6, 6.07) is 10.5. The molecule has 3 heteroatoms. The van der Waals surface area contributed by atoms with Crippen molar-refractivity contribution in [1.29, 1.82) is 0 Å². The second-order valence-corrected chi connectivity index (χ2v) is 6.09. The van der Waals surface area contributed by atoms with Crippen molar-refractivity contribution in [2.45, 2.75) is 26.3 Å². The van der Waals surface area contributed by atoms with Gasteiger partial charge in [-0.25, -0.2) is 0 Å². The molecule has 2 nitrogen and oxygen atoms in total. The fourth-order valence-corrected chi connectivity index (χ4v) is 3.40. The van der Waals surface area contributed by atoms with E-state index in [1.807, 2.05) is 6.07 Å². The first kappa shape index (κ1) is 13.5. The van der Waals surface area contributed by atoms with Gasteiger partial charge in [-0.1, -0.05) is 56.4 Å². The van der Waals surface area contributed by atoms with Crippen LogP contribution in [-0.2, 0) is 0 Å². The minimum atomic E-state index is 0.0893. The first-order chi connectivity index (χ1) is 8.58. The summed E-state index contributed by atoms with van der Waals surface area (Å²) in [6.45, 7) is 6.79. The Morgan fingerprint density at radius 1 is 1.22 bits per heavy atom. The Labute approximate surface area is 115 Å². The molecular weight excluding hydrogens is 240 g/mol. The van der Waals surface area contributed by atoms with Gasteiger partial charge >= 0.3 is 0 Å². The Kier molecular flexibility index (Phi) is 4.36. The van der Waals surface area contributed by atoms with E-state index in [2.05, 4.69) is 43.0 Å². The van der Waals surface area contributed by atoms with Crippen LogP contribution in [0.4, 0.5) is 0 Å². The molecule has 1 aromatic carbocycles. The molecule has 0 spiro atoms. The lowest BCUT2D eigenvalue weighted by atomic mass is 9.89. The largest absolute Gasteiger partial charge is 0.392 e. The normalized spacial score (nSPS) is 26.8. The summed E-state index contributed by atoms with van der Waals surface area (Å²) < 4.78 is 0. The zero-order chi connectivity index (χ0) is 13.1. The van der Waals surface area contributed by atoms with Gasteiger partial charge in [-0.2, -0.15) is 0 Å². The molecule has 0 aliphatic carbocycles. The Hall–Kier alpha value is -0.930. The molecule has 1 fully saturated rings. The number of nitrogens with two attached hydrogens (primary N) is 1. The lowest BCUT2D eigenvalue weighted by Crippen LogP contribution is -2.45. The smallest absolute Gasteiger partial charge is 0.0948 e. The highest BCUT2D eigenvalue weighted by molar-refractivity contribution is 7.80. The van der Waals surface area contributed by atoms with Gasteiger partial charge in [-0.15, -0.1) is 0 Å². The number of nitrogens with zero attached hydrogens (tertiary/aromatic N) is 1. The third kappa shape index (κ3) is 3.09. The predicted molar refractivity (Wildman–Crippen MR) is 80.5 cm³/mol. The molecule has 1 saturated heterocycles. The van der Waals surface area contributed by atoms with Crippen LogP contribution in [0.15, 0.2) is 30.3 Å². The molecule has 1 aliphatic heterocycles. The summed E-state index contributed by atoms with van der Waals surface area (Å²) in [5.74, 6) is 1.43. The summed E-state index contributed by atoms with van der Waals surface area (Å²) in [5, 5.41) is 0. The highest BCUT2D eigenvalue weighted by Gasteiger charge is 2.29. The van der Waals surface area contributed by atoms with Gasteiger partial charge in [0.05, 0.1) is 11.0 Å². The van der Waals surface area contributed by atoms with E-state index in [1.54, 1.807) is 0 Å². The molecule has 1 heterocycles. The van der Waals surface area contributed by atoms with Gasteiger partial charge in [-0.3, -0.25) is 4.90 Å². The van der Waals surface area contributed by atoms with Crippen molar-refractivity contribution in [1.82, 2.24) is 4.90 Å². The quantitative estimate of drug-likeness (QED) is 0.849. The van der Waals surface area contributed by atoms with Gasteiger partial charge in [0.2, 0.25) is 0 Å². The fourth-order valence-electron chi connectivity index (χ4n) is 3.11. The number of benzene rings is 1. The highest BCUT2D eigenvalue weighted by atomic mass is 32.1. The maximum Gasteiger partial charge on any atom is 0.0948 e. The van der Waals surface area contributed by atoms with E-state index in [9.17, 15) is 0 Å². The second-order valence-electron chi connectivity index (χ2n) is 5.62. The zero-order valence-electron chi connectivity index (χ0n) is 11.2. The summed E-state index contributed by atoms with van der Waals surface area (Å²) in [7, 11) is 0. The van der Waals surface area contributed by atoms with Crippen LogP contribution >= 0.6 is 12.2 Å². The predicted octanol–water partition coefficient (Wildman–Crippen LogP) is 2.99. The number of hydrogen-bond acceptors (Lipinski definition) is 2. The van der Waals surface area contributed by atoms with E-state index in [0.717, 1.165) is 13.1 Å². The lowest BCUT2D eigenvalue weighted by Gasteiger charge is -2.39. The second kappa shape index (κ2) is 5.81. The van der Waals surface area contributed by atoms with Crippen LogP contribution in [0, 0.1) is 11.8 Å². The molecule has 1 aromatic rings. The van der Waals surface area contributed by atoms with Gasteiger partial charge in [0.25, 0.3) is 0 Å². The molecule has 3 unspecified atom stereocenters. The average Bonchev–Trinajstić information content (AvgIpc) is 2.28. The molecule has 98 valence electrons. The Morgan fingerprint density at radius 2 is 1.78 bits per heavy atom. The number of hydrogen-bond donors (Lipinski definition) is 1. The molecule has 0 aromatic heterocycles. The van der Waals surface area contributed by atoms with Crippen molar-refractivity contribution in [3.63, 3.8) is 0 Å². The highest BCUT2D eigenvalue weighted by Crippen LogP contribution is 2.29. The fraction of sp³-hybridized carbons (Fsp3) is 0.533. The Morgan fingerprint density at radius 3 is 2.28 bits per heavy atom. The lowest BCUT2D eigenvalue weighted by molar-refractivity contribution is 0.122. The summed E-state index contributed by atoms with van der Waals surface area (Å²) >= 11 is 5.29. The monoisotopic (exact) mass is 262 g/mol. The van der Waals surface area contributed by atoms with Crippen molar-refractivity contribution in [2.75, 3.05) is 13.1 Å². The number of likely N-dealkylation sites (tertiary alicyclic amines) is 1. The molecule has 0 saturated carbocycles. The van der Waals surface area contributed by atoms with Gasteiger partial charge in [-0.05, 0) is 23.8 Å². The molecule has 0 radical (unpaired) electrons. The van der Waals surface area contributed by atoms with Crippen LogP contribution in [-0.4, -0.2) is 23.0 Å². The van der Waals surface area contributed by atoms with Crippen LogP contribution in [0.2, 0.25) is 0 Å². The number of rotatable bonds is 3. The maximum absolute atomic E-state index is 5.98. The number of piperidine rings is 1. The van der Waals surface area contributed by atoms with Crippen molar-refractivity contribution in [3.05, 3.63) is 35.9 Å². The maximum atomic E-state index is 5.98. The van der Waals surface area contributed by atoms with E-state index in [-0.39, 0.29) is 6.04 Å². The van der Waals surface area contributed by atoms with Gasteiger partial charge in [0.15, 0.2) is 0 Å². The van der Waals surface area contributed by atoms with Crippen molar-refractivity contribution < 1.29 is 0 Å². The van der Waals surface area contributed by atoms with E-state index in [1.165, 1.54) is 12.0 Å². The van der Waals surface area contributed by atoms with Crippen LogP contribution in [0.5, 0.6) is 0 Å². The Bertz CT molecular complexity index is 394. The molecule has 2 rings (SSSR count). The summed E-state index contributed by atoms with van der Waals surface area (Å²) in [4.78, 5) is 3.03. The molecule has 18 heavy (non-hydrogen) atoms. The molecule has 2 N–H and O–H groups in total. The van der Waals surface area contributed by atoms with E-state index in [0.29, 0.717) is 16.8 Å². The third-order valence-electron chi connectivity index (χ3n) is 3.65. The van der Waals surface area contributed by atoms with E-state index >= 15 is 0 Å². The van der Waals surface area contributed by atoms with Crippen molar-refractivity contribution >= 4 is 17.2 Å². The van der Waals surface area contributed by atoms with Crippen LogP contribution in [0.3, 0.4) is 0 Å². The first-order valence-corrected chi connectivity index (χ1v) is 7.07. The van der Waals surface area contributed by atoms with E-state index in [4.69, 9.17) is 18.0 Å². The minimum Gasteiger partial charge on any atom is -0.392 e. The number of thiocarbonyl (C=S) groups is 1. The zero-order valence-corrected chi connectivity index (χ0v) is 12.0. The van der Waals surface area contributed by atoms with Crippen molar-refractivity contribution in [3.8, 4) is 0 Å². The standard InChI is InChI=1S/C15H22N2S/c1-11-8-12(2)10-17(9-11)14(15(16)18)13-6-4-3-5-7-13/h3-7,11-12,14H,8-10H2,1-2H3,(H2,16,18). The third-order valence-corrected chi connectivity index (χ3v) is 3.87. The van der Waals surface area contributed by atoms with E-state index < -0.39 is 0 Å². The summed E-state index contributed by atoms with van der Waals surface area (Å²) in [5.41, 5.74) is 7.19. The average molecular weight is 262 g/mol. The summed E-state index contributed by atoms with van der Waals surface area (Å²) in [6.07, 6.45) is 1.30. The van der Waals surface area contributed by atoms with Crippen molar-refractivity contribution in [2.24, 2.45) is 17.6 Å². The van der Waals surface area contributed by atoms with Crippen LogP contribution in [0.1, 0.15) is 31.9 Å². The topological polar surface area (TPSA) is 29.3 Å². The molecular formula is C15H22N2S. The molecule has 0 amide bonds. The van der Waals surface area contributed by atoms with Crippen LogP contribution in [0.25, 0.3) is 0 Å². The van der Waals surface area contributed by atoms with Crippen LogP contribution < -0.4 is 5.73 Å². The molecule has 0 bridgehead atoms. The SMILES string of the molecule is CC1CC(C)CN(C(C(N)=S)c2ccccc2)C1.